The second-order valence-electron chi connectivity index (χ2n) is 6.01. The van der Waals surface area contributed by atoms with Crippen LogP contribution in [0.3, 0.4) is 0 Å². The van der Waals surface area contributed by atoms with Gasteiger partial charge in [0.05, 0.1) is 6.54 Å². The van der Waals surface area contributed by atoms with E-state index < -0.39 is 0 Å². The van der Waals surface area contributed by atoms with Crippen LogP contribution in [0.15, 0.2) is 23.6 Å². The van der Waals surface area contributed by atoms with Gasteiger partial charge in [0.1, 0.15) is 0 Å². The molecule has 1 N–H and O–H groups in total. The average Bonchev–Trinajstić information content (AvgIpc) is 3.31. The number of aromatic nitrogens is 3. The Hall–Kier alpha value is -2.48. The van der Waals surface area contributed by atoms with E-state index in [0.29, 0.717) is 17.7 Å². The smallest absolute Gasteiger partial charge is 0.244 e. The number of anilines is 2. The molecule has 0 bridgehead atoms. The second kappa shape index (κ2) is 8.06. The van der Waals surface area contributed by atoms with Gasteiger partial charge in [0.25, 0.3) is 0 Å². The Morgan fingerprint density at radius 1 is 1.32 bits per heavy atom. The third-order valence-electron chi connectivity index (χ3n) is 3.81. The zero-order valence-electron chi connectivity index (χ0n) is 14.5. The molecule has 0 spiro atoms. The highest BCUT2D eigenvalue weighted by Gasteiger charge is 2.18. The van der Waals surface area contributed by atoms with Gasteiger partial charge in [-0.25, -0.2) is 0 Å². The molecule has 1 saturated heterocycles. The molecule has 0 saturated carbocycles. The fraction of sp³-hybridized carbons (Fsp3) is 0.412. The van der Waals surface area contributed by atoms with Crippen molar-refractivity contribution in [3.8, 4) is 0 Å². The maximum atomic E-state index is 12.0. The molecular weight excluding hydrogens is 336 g/mol. The van der Waals surface area contributed by atoms with Gasteiger partial charge in [0, 0.05) is 38.1 Å². The summed E-state index contributed by atoms with van der Waals surface area (Å²) in [6, 6.07) is 3.92. The fourth-order valence-electron chi connectivity index (χ4n) is 2.50. The topological polar surface area (TPSA) is 74.2 Å². The van der Waals surface area contributed by atoms with E-state index in [1.165, 1.54) is 6.08 Å². The maximum absolute atomic E-state index is 12.0. The van der Waals surface area contributed by atoms with Gasteiger partial charge in [-0.15, -0.1) is 11.3 Å². The van der Waals surface area contributed by atoms with E-state index >= 15 is 0 Å². The Balaban J connectivity index is 1.67. The normalized spacial score (nSPS) is 14.2. The van der Waals surface area contributed by atoms with Crippen molar-refractivity contribution in [2.24, 2.45) is 0 Å². The predicted molar refractivity (Wildman–Crippen MR) is 101 cm³/mol. The number of nitrogens with one attached hydrogen (secondary N) is 1. The van der Waals surface area contributed by atoms with E-state index in [4.69, 9.17) is 0 Å². The molecular formula is C17H22N6OS. The van der Waals surface area contributed by atoms with Gasteiger partial charge in [-0.1, -0.05) is 6.07 Å². The lowest BCUT2D eigenvalue weighted by Crippen LogP contribution is -2.26. The van der Waals surface area contributed by atoms with Crippen LogP contribution in [0.5, 0.6) is 0 Å². The van der Waals surface area contributed by atoms with Gasteiger partial charge < -0.3 is 15.1 Å². The molecule has 0 unspecified atom stereocenters. The molecule has 2 aromatic rings. The molecule has 3 heterocycles. The maximum Gasteiger partial charge on any atom is 0.244 e. The first kappa shape index (κ1) is 17.3. The lowest BCUT2D eigenvalue weighted by atomic mass is 10.4. The first-order chi connectivity index (χ1) is 12.1. The zero-order chi connectivity index (χ0) is 17.6. The Bertz CT molecular complexity index is 738. The van der Waals surface area contributed by atoms with Crippen molar-refractivity contribution in [2.45, 2.75) is 19.4 Å². The number of carbonyl (C=O) groups excluding carboxylic acids is 1. The van der Waals surface area contributed by atoms with Crippen LogP contribution in [0.1, 0.15) is 23.5 Å². The summed E-state index contributed by atoms with van der Waals surface area (Å²) in [7, 11) is 3.80. The molecule has 1 fully saturated rings. The van der Waals surface area contributed by atoms with Crippen molar-refractivity contribution in [2.75, 3.05) is 37.0 Å². The summed E-state index contributed by atoms with van der Waals surface area (Å²) in [6.07, 6.45) is 5.64. The lowest BCUT2D eigenvalue weighted by molar-refractivity contribution is -0.116. The predicted octanol–water partition coefficient (Wildman–Crippen LogP) is 1.93. The van der Waals surface area contributed by atoms with E-state index in [1.807, 2.05) is 36.5 Å². The van der Waals surface area contributed by atoms with Crippen LogP contribution in [0.4, 0.5) is 11.9 Å². The molecule has 8 heteroatoms. The Morgan fingerprint density at radius 3 is 2.80 bits per heavy atom. The molecule has 0 aliphatic carbocycles. The number of hydrogen-bond donors (Lipinski definition) is 1. The summed E-state index contributed by atoms with van der Waals surface area (Å²) in [6.45, 7) is 2.20. The van der Waals surface area contributed by atoms with Crippen LogP contribution < -0.4 is 15.1 Å². The minimum absolute atomic E-state index is 0.164. The van der Waals surface area contributed by atoms with Gasteiger partial charge in [0.2, 0.25) is 17.8 Å². The van der Waals surface area contributed by atoms with Crippen molar-refractivity contribution in [3.05, 3.63) is 34.3 Å². The number of nitrogens with zero attached hydrogens (tertiary/aromatic N) is 5. The largest absolute Gasteiger partial charge is 0.347 e. The third-order valence-corrected chi connectivity index (χ3v) is 4.65. The van der Waals surface area contributed by atoms with Gasteiger partial charge in [-0.2, -0.15) is 15.0 Å². The SMILES string of the molecule is CN(C)c1nc(CNC(=O)/C=C/c2cccs2)nc(N2CCCC2)n1. The first-order valence-electron chi connectivity index (χ1n) is 8.28. The number of amides is 1. The summed E-state index contributed by atoms with van der Waals surface area (Å²) in [5, 5.41) is 4.81. The molecule has 3 rings (SSSR count). The number of carbonyl (C=O) groups is 1. The molecule has 25 heavy (non-hydrogen) atoms. The summed E-state index contributed by atoms with van der Waals surface area (Å²) in [5.41, 5.74) is 0. The van der Waals surface area contributed by atoms with Gasteiger partial charge in [-0.05, 0) is 30.4 Å². The highest BCUT2D eigenvalue weighted by atomic mass is 32.1. The highest BCUT2D eigenvalue weighted by molar-refractivity contribution is 7.10. The van der Waals surface area contributed by atoms with Crippen LogP contribution in [-0.2, 0) is 11.3 Å². The summed E-state index contributed by atoms with van der Waals surface area (Å²) in [4.78, 5) is 30.5. The van der Waals surface area contributed by atoms with Crippen LogP contribution in [0.2, 0.25) is 0 Å². The molecule has 1 amide bonds. The molecule has 1 aliphatic rings. The summed E-state index contributed by atoms with van der Waals surface area (Å²) in [5.74, 6) is 1.70. The monoisotopic (exact) mass is 358 g/mol. The average molecular weight is 358 g/mol. The van der Waals surface area contributed by atoms with Crippen molar-refractivity contribution in [1.29, 1.82) is 0 Å². The van der Waals surface area contributed by atoms with Crippen LogP contribution in [0.25, 0.3) is 6.08 Å². The Morgan fingerprint density at radius 2 is 2.12 bits per heavy atom. The van der Waals surface area contributed by atoms with Crippen LogP contribution in [0, 0.1) is 0 Å². The first-order valence-corrected chi connectivity index (χ1v) is 9.16. The molecule has 2 aromatic heterocycles. The lowest BCUT2D eigenvalue weighted by Gasteiger charge is -2.18. The summed E-state index contributed by atoms with van der Waals surface area (Å²) < 4.78 is 0. The minimum atomic E-state index is -0.164. The molecule has 0 atom stereocenters. The van der Waals surface area contributed by atoms with E-state index in [0.717, 1.165) is 30.8 Å². The molecule has 132 valence electrons. The zero-order valence-corrected chi connectivity index (χ0v) is 15.3. The van der Waals surface area contributed by atoms with E-state index in [-0.39, 0.29) is 12.5 Å². The number of thiophene rings is 1. The van der Waals surface area contributed by atoms with Crippen molar-refractivity contribution < 1.29 is 4.79 Å². The molecule has 7 nitrogen and oxygen atoms in total. The van der Waals surface area contributed by atoms with Crippen molar-refractivity contribution in [1.82, 2.24) is 20.3 Å². The Kier molecular flexibility index (Phi) is 5.60. The van der Waals surface area contributed by atoms with Crippen molar-refractivity contribution >= 4 is 35.2 Å². The number of hydrogen-bond acceptors (Lipinski definition) is 7. The van der Waals surface area contributed by atoms with Gasteiger partial charge >= 0.3 is 0 Å². The van der Waals surface area contributed by atoms with Gasteiger partial charge in [0.15, 0.2) is 5.82 Å². The van der Waals surface area contributed by atoms with E-state index in [9.17, 15) is 4.79 Å². The highest BCUT2D eigenvalue weighted by Crippen LogP contribution is 2.18. The van der Waals surface area contributed by atoms with Crippen LogP contribution in [-0.4, -0.2) is 48.0 Å². The van der Waals surface area contributed by atoms with Crippen LogP contribution >= 0.6 is 11.3 Å². The van der Waals surface area contributed by atoms with Gasteiger partial charge in [-0.3, -0.25) is 4.79 Å². The summed E-state index contributed by atoms with van der Waals surface area (Å²) >= 11 is 1.59. The fourth-order valence-corrected chi connectivity index (χ4v) is 3.12. The quantitative estimate of drug-likeness (QED) is 0.796. The van der Waals surface area contributed by atoms with E-state index in [2.05, 4.69) is 25.2 Å². The second-order valence-corrected chi connectivity index (χ2v) is 6.99. The molecule has 0 aromatic carbocycles. The molecule has 0 radical (unpaired) electrons. The minimum Gasteiger partial charge on any atom is -0.347 e. The standard InChI is InChI=1S/C17H22N6OS/c1-22(2)16-19-14(20-17(21-16)23-9-3-4-10-23)12-18-15(24)8-7-13-6-5-11-25-13/h5-8,11H,3-4,9-10,12H2,1-2H3,(H,18,24)/b8-7+. The van der Waals surface area contributed by atoms with Crippen molar-refractivity contribution in [3.63, 3.8) is 0 Å². The third kappa shape index (κ3) is 4.76. The Labute approximate surface area is 151 Å². The molecule has 1 aliphatic heterocycles. The van der Waals surface area contributed by atoms with E-state index in [1.54, 1.807) is 17.4 Å². The number of rotatable bonds is 6.